The van der Waals surface area contributed by atoms with Crippen LogP contribution in [0.3, 0.4) is 0 Å². The molecule has 1 amide bonds. The smallest absolute Gasteiger partial charge is 0.264 e. The number of hydrogen-bond donors (Lipinski definition) is 2. The second-order valence-electron chi connectivity index (χ2n) is 7.18. The summed E-state index contributed by atoms with van der Waals surface area (Å²) in [5.41, 5.74) is 0.661. The third kappa shape index (κ3) is 5.93. The molecule has 0 spiro atoms. The van der Waals surface area contributed by atoms with Crippen LogP contribution >= 0.6 is 0 Å². The van der Waals surface area contributed by atoms with Crippen molar-refractivity contribution in [1.29, 1.82) is 0 Å². The molecule has 3 rings (SSSR count). The van der Waals surface area contributed by atoms with Gasteiger partial charge < -0.3 is 10.1 Å². The molecule has 0 fully saturated rings. The highest BCUT2D eigenvalue weighted by molar-refractivity contribution is 7.92. The number of ether oxygens (including phenoxy) is 1. The van der Waals surface area contributed by atoms with Crippen LogP contribution in [-0.4, -0.2) is 43.4 Å². The highest BCUT2D eigenvalue weighted by Crippen LogP contribution is 2.33. The van der Waals surface area contributed by atoms with Gasteiger partial charge in [0.05, 0.1) is 22.6 Å². The van der Waals surface area contributed by atoms with Crippen molar-refractivity contribution in [2.75, 3.05) is 30.3 Å². The van der Waals surface area contributed by atoms with Gasteiger partial charge in [-0.05, 0) is 42.5 Å². The third-order valence-corrected chi connectivity index (χ3v) is 8.15. The lowest BCUT2D eigenvalue weighted by Crippen LogP contribution is -2.29. The molecule has 0 radical (unpaired) electrons. The van der Waals surface area contributed by atoms with Gasteiger partial charge in [0, 0.05) is 25.7 Å². The second kappa shape index (κ2) is 10.7. The zero-order valence-electron chi connectivity index (χ0n) is 18.6. The summed E-state index contributed by atoms with van der Waals surface area (Å²) in [6, 6.07) is 20.5. The number of carbonyl (C=O) groups is 1. The van der Waals surface area contributed by atoms with Gasteiger partial charge in [-0.25, -0.2) is 21.6 Å². The van der Waals surface area contributed by atoms with E-state index in [-0.39, 0.29) is 40.1 Å². The summed E-state index contributed by atoms with van der Waals surface area (Å²) in [6.07, 6.45) is -0.0839. The summed E-state index contributed by atoms with van der Waals surface area (Å²) in [6.45, 7) is -0.138. The number of methoxy groups -OCH3 is 1. The highest BCUT2D eigenvalue weighted by atomic mass is 32.2. The number of nitrogens with one attached hydrogen (secondary N) is 2. The molecule has 0 saturated carbocycles. The zero-order valence-corrected chi connectivity index (χ0v) is 20.3. The minimum absolute atomic E-state index is 0.0513. The molecular formula is C23H25N3O6S2. The molecule has 9 nitrogen and oxygen atoms in total. The van der Waals surface area contributed by atoms with E-state index < -0.39 is 20.0 Å². The number of benzene rings is 3. The first-order valence-electron chi connectivity index (χ1n) is 10.2. The maximum atomic E-state index is 13.0. The zero-order chi connectivity index (χ0) is 24.8. The summed E-state index contributed by atoms with van der Waals surface area (Å²) >= 11 is 0. The Morgan fingerprint density at radius 1 is 0.882 bits per heavy atom. The van der Waals surface area contributed by atoms with Gasteiger partial charge in [-0.1, -0.05) is 36.4 Å². The first-order valence-corrected chi connectivity index (χ1v) is 13.1. The average molecular weight is 504 g/mol. The first-order chi connectivity index (χ1) is 16.1. The molecule has 0 aliphatic carbocycles. The Morgan fingerprint density at radius 2 is 1.50 bits per heavy atom. The Hall–Kier alpha value is -3.41. The third-order valence-electron chi connectivity index (χ3n) is 4.90. The van der Waals surface area contributed by atoms with Gasteiger partial charge in [0.2, 0.25) is 15.9 Å². The fraction of sp³-hybridized carbons (Fsp3) is 0.174. The van der Waals surface area contributed by atoms with Crippen LogP contribution in [0.15, 0.2) is 88.7 Å². The van der Waals surface area contributed by atoms with Crippen molar-refractivity contribution in [3.8, 4) is 5.75 Å². The van der Waals surface area contributed by atoms with Crippen molar-refractivity contribution in [3.05, 3.63) is 78.9 Å². The fourth-order valence-corrected chi connectivity index (χ4v) is 5.36. The van der Waals surface area contributed by atoms with E-state index in [1.54, 1.807) is 42.5 Å². The summed E-state index contributed by atoms with van der Waals surface area (Å²) in [5, 5.41) is 2.68. The topological polar surface area (TPSA) is 122 Å². The molecule has 0 heterocycles. The summed E-state index contributed by atoms with van der Waals surface area (Å²) in [4.78, 5) is 12.0. The van der Waals surface area contributed by atoms with Gasteiger partial charge in [-0.2, -0.15) is 0 Å². The van der Waals surface area contributed by atoms with Crippen molar-refractivity contribution in [2.45, 2.75) is 16.2 Å². The molecule has 11 heteroatoms. The van der Waals surface area contributed by atoms with Crippen molar-refractivity contribution >= 4 is 37.3 Å². The molecule has 34 heavy (non-hydrogen) atoms. The Labute approximate surface area is 199 Å². The predicted octanol–water partition coefficient (Wildman–Crippen LogP) is 2.83. The summed E-state index contributed by atoms with van der Waals surface area (Å²) in [7, 11) is -5.31. The number of anilines is 2. The quantitative estimate of drug-likeness (QED) is 0.439. The van der Waals surface area contributed by atoms with Gasteiger partial charge >= 0.3 is 0 Å². The molecule has 0 aliphatic heterocycles. The van der Waals surface area contributed by atoms with Crippen LogP contribution in [0.5, 0.6) is 5.75 Å². The van der Waals surface area contributed by atoms with E-state index in [4.69, 9.17) is 4.74 Å². The van der Waals surface area contributed by atoms with E-state index in [1.807, 2.05) is 6.07 Å². The lowest BCUT2D eigenvalue weighted by molar-refractivity contribution is -0.116. The maximum absolute atomic E-state index is 13.0. The molecule has 3 aromatic carbocycles. The number of para-hydroxylation sites is 1. The maximum Gasteiger partial charge on any atom is 0.264 e. The number of nitrogens with zero attached hydrogens (tertiary/aromatic N) is 1. The average Bonchev–Trinajstić information content (AvgIpc) is 2.84. The van der Waals surface area contributed by atoms with E-state index in [1.165, 1.54) is 44.5 Å². The molecule has 3 aromatic rings. The molecule has 0 aromatic heterocycles. The van der Waals surface area contributed by atoms with Crippen LogP contribution in [0.1, 0.15) is 6.42 Å². The second-order valence-corrected chi connectivity index (χ2v) is 10.9. The van der Waals surface area contributed by atoms with E-state index in [9.17, 15) is 21.6 Å². The number of carbonyl (C=O) groups excluding carboxylic acids is 1. The molecule has 0 bridgehead atoms. The van der Waals surface area contributed by atoms with Crippen molar-refractivity contribution < 1.29 is 26.4 Å². The Balaban J connectivity index is 1.76. The van der Waals surface area contributed by atoms with Gasteiger partial charge in [-0.3, -0.25) is 9.10 Å². The van der Waals surface area contributed by atoms with E-state index in [2.05, 4.69) is 10.0 Å². The molecule has 0 aliphatic rings. The molecule has 180 valence electrons. The lowest BCUT2D eigenvalue weighted by atomic mass is 10.3. The normalized spacial score (nSPS) is 11.6. The SMILES string of the molecule is COc1ccc(S(=O)(=O)NCCC(=O)Nc2ccccc2)cc1N(C)S(=O)(=O)c1ccccc1. The number of sulfonamides is 2. The van der Waals surface area contributed by atoms with Crippen molar-refractivity contribution in [2.24, 2.45) is 0 Å². The highest BCUT2D eigenvalue weighted by Gasteiger charge is 2.26. The van der Waals surface area contributed by atoms with Crippen LogP contribution in [0.2, 0.25) is 0 Å². The van der Waals surface area contributed by atoms with Gasteiger partial charge in [0.1, 0.15) is 5.75 Å². The van der Waals surface area contributed by atoms with Crippen LogP contribution in [0, 0.1) is 0 Å². The number of hydrogen-bond acceptors (Lipinski definition) is 6. The van der Waals surface area contributed by atoms with Crippen molar-refractivity contribution in [3.63, 3.8) is 0 Å². The van der Waals surface area contributed by atoms with Crippen LogP contribution in [0.4, 0.5) is 11.4 Å². The Morgan fingerprint density at radius 3 is 2.12 bits per heavy atom. The fourth-order valence-electron chi connectivity index (χ4n) is 3.09. The lowest BCUT2D eigenvalue weighted by Gasteiger charge is -2.22. The number of rotatable bonds is 10. The van der Waals surface area contributed by atoms with E-state index in [0.717, 1.165) is 4.31 Å². The largest absolute Gasteiger partial charge is 0.495 e. The molecule has 0 saturated heterocycles. The molecule has 2 N–H and O–H groups in total. The Bertz CT molecular complexity index is 1350. The van der Waals surface area contributed by atoms with Crippen LogP contribution in [-0.2, 0) is 24.8 Å². The first kappa shape index (κ1) is 25.2. The van der Waals surface area contributed by atoms with Crippen molar-refractivity contribution in [1.82, 2.24) is 4.72 Å². The monoisotopic (exact) mass is 503 g/mol. The minimum Gasteiger partial charge on any atom is -0.495 e. The Kier molecular flexibility index (Phi) is 7.92. The van der Waals surface area contributed by atoms with Gasteiger partial charge in [-0.15, -0.1) is 0 Å². The molecule has 0 unspecified atom stereocenters. The summed E-state index contributed by atoms with van der Waals surface area (Å²) < 4.78 is 60.3. The summed E-state index contributed by atoms with van der Waals surface area (Å²) in [5.74, 6) is -0.166. The number of amides is 1. The molecular weight excluding hydrogens is 478 g/mol. The van der Waals surface area contributed by atoms with E-state index in [0.29, 0.717) is 5.69 Å². The van der Waals surface area contributed by atoms with Crippen LogP contribution < -0.4 is 19.1 Å². The standard InChI is InChI=1S/C23H25N3O6S2/c1-26(34(30,31)19-11-7-4-8-12-19)21-17-20(13-14-22(21)32-2)33(28,29)24-16-15-23(27)25-18-9-5-3-6-10-18/h3-14,17,24H,15-16H2,1-2H3,(H,25,27). The van der Waals surface area contributed by atoms with Crippen LogP contribution in [0.25, 0.3) is 0 Å². The van der Waals surface area contributed by atoms with Gasteiger partial charge in [0.15, 0.2) is 0 Å². The van der Waals surface area contributed by atoms with Gasteiger partial charge in [0.25, 0.3) is 10.0 Å². The minimum atomic E-state index is -4.03. The molecule has 0 atom stereocenters. The van der Waals surface area contributed by atoms with E-state index >= 15 is 0 Å². The predicted molar refractivity (Wildman–Crippen MR) is 130 cm³/mol.